The summed E-state index contributed by atoms with van der Waals surface area (Å²) in [5, 5.41) is 4.14. The number of benzene rings is 2. The number of likely N-dealkylation sites (N-methyl/N-ethyl adjacent to an activating group) is 1. The van der Waals surface area contributed by atoms with Crippen molar-refractivity contribution in [2.75, 3.05) is 13.1 Å². The van der Waals surface area contributed by atoms with Gasteiger partial charge in [0, 0.05) is 0 Å². The number of hydrogen-bond acceptors (Lipinski definition) is 3. The van der Waals surface area contributed by atoms with Crippen molar-refractivity contribution < 1.29 is 14.3 Å². The minimum absolute atomic E-state index is 0.0436. The molecular formula is C28H38N2O3Se. The zero-order chi connectivity index (χ0) is 24.8. The van der Waals surface area contributed by atoms with Crippen LogP contribution in [0.5, 0.6) is 0 Å². The van der Waals surface area contributed by atoms with Gasteiger partial charge in [0.15, 0.2) is 0 Å². The summed E-state index contributed by atoms with van der Waals surface area (Å²) >= 11 is 0.308. The van der Waals surface area contributed by atoms with Gasteiger partial charge in [-0.1, -0.05) is 0 Å². The molecule has 1 saturated carbocycles. The van der Waals surface area contributed by atoms with Gasteiger partial charge in [0.2, 0.25) is 0 Å². The van der Waals surface area contributed by atoms with Crippen LogP contribution in [-0.4, -0.2) is 56.6 Å². The molecule has 184 valence electrons. The van der Waals surface area contributed by atoms with Gasteiger partial charge < -0.3 is 0 Å². The molecule has 3 rings (SSSR count). The predicted molar refractivity (Wildman–Crippen MR) is 139 cm³/mol. The summed E-state index contributed by atoms with van der Waals surface area (Å²) in [6, 6.07) is 20.4. The van der Waals surface area contributed by atoms with Crippen LogP contribution in [0.15, 0.2) is 60.7 Å². The fourth-order valence-corrected chi connectivity index (χ4v) is 6.66. The van der Waals surface area contributed by atoms with Gasteiger partial charge in [0.05, 0.1) is 0 Å². The second kappa shape index (κ2) is 11.4. The van der Waals surface area contributed by atoms with Crippen molar-refractivity contribution >= 4 is 31.4 Å². The van der Waals surface area contributed by atoms with Gasteiger partial charge in [-0.3, -0.25) is 0 Å². The van der Waals surface area contributed by atoms with Crippen LogP contribution < -0.4 is 9.78 Å². The van der Waals surface area contributed by atoms with Gasteiger partial charge >= 0.3 is 211 Å². The molecule has 2 aromatic carbocycles. The van der Waals surface area contributed by atoms with Crippen LogP contribution in [0.4, 0.5) is 4.79 Å². The van der Waals surface area contributed by atoms with E-state index in [-0.39, 0.29) is 17.9 Å². The maximum absolute atomic E-state index is 13.8. The predicted octanol–water partition coefficient (Wildman–Crippen LogP) is 4.54. The zero-order valence-electron chi connectivity index (χ0n) is 21.0. The molecule has 2 amide bonds. The quantitative estimate of drug-likeness (QED) is 0.460. The van der Waals surface area contributed by atoms with Crippen LogP contribution >= 0.6 is 0 Å². The molecule has 3 atom stereocenters. The first-order valence-electron chi connectivity index (χ1n) is 12.2. The molecule has 1 N–H and O–H groups in total. The molecule has 1 aliphatic carbocycles. The van der Waals surface area contributed by atoms with Crippen LogP contribution in [-0.2, 0) is 14.9 Å². The molecule has 0 heterocycles. The van der Waals surface area contributed by atoms with E-state index in [1.54, 1.807) is 0 Å². The summed E-state index contributed by atoms with van der Waals surface area (Å²) in [7, 11) is 0. The van der Waals surface area contributed by atoms with E-state index < -0.39 is 17.1 Å². The van der Waals surface area contributed by atoms with Crippen molar-refractivity contribution in [3.63, 3.8) is 0 Å². The molecular weight excluding hydrogens is 491 g/mol. The number of carbonyl (C=O) groups excluding carboxylic acids is 2. The third-order valence-corrected chi connectivity index (χ3v) is 8.56. The summed E-state index contributed by atoms with van der Waals surface area (Å²) < 4.78 is 6.94. The van der Waals surface area contributed by atoms with E-state index in [1.165, 1.54) is 4.46 Å². The third kappa shape index (κ3) is 6.43. The van der Waals surface area contributed by atoms with Gasteiger partial charge in [-0.05, 0) is 0 Å². The van der Waals surface area contributed by atoms with Crippen molar-refractivity contribution in [2.45, 2.75) is 69.8 Å². The Hall–Kier alpha value is -2.30. The molecule has 1 fully saturated rings. The van der Waals surface area contributed by atoms with E-state index >= 15 is 0 Å². The Balaban J connectivity index is 1.84. The number of carbonyl (C=O) groups is 2. The Bertz CT molecular complexity index is 941. The van der Waals surface area contributed by atoms with Crippen molar-refractivity contribution in [1.29, 1.82) is 0 Å². The van der Waals surface area contributed by atoms with Gasteiger partial charge in [0.25, 0.3) is 0 Å². The van der Waals surface area contributed by atoms with E-state index in [0.29, 0.717) is 28.0 Å². The Morgan fingerprint density at radius 3 is 2.21 bits per heavy atom. The van der Waals surface area contributed by atoms with E-state index in [1.807, 2.05) is 63.8 Å². The maximum atomic E-state index is 13.8. The topological polar surface area (TPSA) is 58.6 Å². The minimum atomic E-state index is -0.591. The molecule has 34 heavy (non-hydrogen) atoms. The van der Waals surface area contributed by atoms with Crippen LogP contribution in [0.1, 0.15) is 53.0 Å². The molecule has 5 nitrogen and oxygen atoms in total. The van der Waals surface area contributed by atoms with Gasteiger partial charge in [0.1, 0.15) is 0 Å². The summed E-state index contributed by atoms with van der Waals surface area (Å²) in [6.07, 6.45) is 1.15. The van der Waals surface area contributed by atoms with E-state index in [2.05, 4.69) is 41.7 Å². The van der Waals surface area contributed by atoms with Gasteiger partial charge in [-0.2, -0.15) is 0 Å². The number of nitrogens with zero attached hydrogens (tertiary/aromatic N) is 1. The molecule has 0 aromatic heterocycles. The van der Waals surface area contributed by atoms with E-state index in [4.69, 9.17) is 4.74 Å². The Morgan fingerprint density at radius 2 is 1.65 bits per heavy atom. The third-order valence-electron chi connectivity index (χ3n) is 6.36. The van der Waals surface area contributed by atoms with Crippen LogP contribution in [0.3, 0.4) is 0 Å². The Morgan fingerprint density at radius 1 is 1.06 bits per heavy atom. The summed E-state index contributed by atoms with van der Waals surface area (Å²) in [6.45, 7) is 11.0. The molecule has 0 bridgehead atoms. The summed E-state index contributed by atoms with van der Waals surface area (Å²) in [4.78, 5) is 28.5. The average molecular weight is 530 g/mol. The van der Waals surface area contributed by atoms with Crippen molar-refractivity contribution in [3.8, 4) is 0 Å². The average Bonchev–Trinajstić information content (AvgIpc) is 3.56. The number of hydrogen-bond donors (Lipinski definition) is 1. The first-order chi connectivity index (χ1) is 16.2. The molecule has 0 spiro atoms. The summed E-state index contributed by atoms with van der Waals surface area (Å²) in [5.41, 5.74) is -0.117. The standard InChI is InChI=1S/C28H38N2O3Se/c1-6-30(7-2)25(31)28(21-14-10-8-11-15-21)20-23(28)24(29-26(32)33-27(3,4)5)18-19-34-22-16-12-9-13-17-22/h8-17,23-24H,6-7,18-20H2,1-5H3,(H,29,32)/t23-,24-,28+/m0/s1. The fourth-order valence-electron chi connectivity index (χ4n) is 4.66. The monoisotopic (exact) mass is 530 g/mol. The van der Waals surface area contributed by atoms with Crippen molar-refractivity contribution in [2.24, 2.45) is 5.92 Å². The van der Waals surface area contributed by atoms with Crippen molar-refractivity contribution in [3.05, 3.63) is 66.2 Å². The summed E-state index contributed by atoms with van der Waals surface area (Å²) in [5.74, 6) is 0.209. The number of ether oxygens (including phenoxy) is 1. The normalized spacial score (nSPS) is 20.3. The molecule has 0 unspecified atom stereocenters. The van der Waals surface area contributed by atoms with E-state index in [9.17, 15) is 9.59 Å². The van der Waals surface area contributed by atoms with Gasteiger partial charge in [-0.25, -0.2) is 0 Å². The Labute approximate surface area is 210 Å². The molecule has 0 aliphatic heterocycles. The fraction of sp³-hybridized carbons (Fsp3) is 0.500. The molecule has 1 aliphatic rings. The number of nitrogens with one attached hydrogen (secondary N) is 1. The Kier molecular flexibility index (Phi) is 8.83. The van der Waals surface area contributed by atoms with Crippen LogP contribution in [0, 0.1) is 5.92 Å². The molecule has 6 heteroatoms. The van der Waals surface area contributed by atoms with E-state index in [0.717, 1.165) is 23.7 Å². The molecule has 0 saturated heterocycles. The first-order valence-corrected chi connectivity index (χ1v) is 14.3. The van der Waals surface area contributed by atoms with Crippen molar-refractivity contribution in [1.82, 2.24) is 10.2 Å². The number of amides is 2. The van der Waals surface area contributed by atoms with Crippen LogP contribution in [0.25, 0.3) is 0 Å². The zero-order valence-corrected chi connectivity index (χ0v) is 22.8. The SMILES string of the molecule is CCN(CC)C(=O)[C@@]1(c2ccccc2)C[C@H]1[C@H](CC[Se]c1ccccc1)NC(=O)OC(C)(C)C. The second-order valence-electron chi connectivity index (χ2n) is 9.83. The number of alkyl carbamates (subject to hydrolysis) is 1. The van der Waals surface area contributed by atoms with Crippen LogP contribution in [0.2, 0.25) is 5.32 Å². The second-order valence-corrected chi connectivity index (χ2v) is 12.3. The number of rotatable bonds is 10. The first kappa shape index (κ1) is 26.3. The van der Waals surface area contributed by atoms with Gasteiger partial charge in [-0.15, -0.1) is 0 Å². The molecule has 0 radical (unpaired) electrons. The molecule has 2 aromatic rings.